The zero-order chi connectivity index (χ0) is 50.3. The predicted molar refractivity (Wildman–Crippen MR) is 240 cm³/mol. The standard InChI is InChI=1S/C45H47N5O18S/c1-23(19-20-29(51)46-30(24-13-8-7-9-14-24)35(52)47-31-38(55)50-34(40(56)57)45(2,3)69-39(31)50)48(36(53)26-16-11-18-28(66-43(60)63-5)33(26)68-44(61)64-6)21-12-22-49-37(54)25-15-10-17-27(65-42(59)62-4)32(25)67-41(49)58/h7-11,13-18,23,30-31,34,39H,12,19-22H2,1-6H3,(H,46,51)(H,47,52)(H,56,57)/t23?,30?,31-,34+,39-/m1/s1. The first-order valence-corrected chi connectivity index (χ1v) is 21.9. The van der Waals surface area contributed by atoms with Crippen LogP contribution in [0.4, 0.5) is 14.4 Å². The Kier molecular flexibility index (Phi) is 15.7. The Morgan fingerprint density at radius 2 is 1.46 bits per heavy atom. The minimum atomic E-state index is -1.31. The molecule has 24 heteroatoms. The van der Waals surface area contributed by atoms with Gasteiger partial charge in [-0.3, -0.25) is 24.0 Å². The van der Waals surface area contributed by atoms with Gasteiger partial charge in [0.15, 0.2) is 22.8 Å². The van der Waals surface area contributed by atoms with Gasteiger partial charge < -0.3 is 58.4 Å². The average Bonchev–Trinajstić information content (AvgIpc) is 3.59. The summed E-state index contributed by atoms with van der Waals surface area (Å²) in [7, 11) is 3.09. The molecule has 5 atom stereocenters. The number of carboxylic acid groups (broad SMARTS) is 1. The first kappa shape index (κ1) is 50.5. The van der Waals surface area contributed by atoms with Crippen LogP contribution in [0.2, 0.25) is 0 Å². The number of aliphatic carboxylic acids is 1. The molecule has 2 saturated heterocycles. The molecule has 6 rings (SSSR count). The Hall–Kier alpha value is -7.89. The van der Waals surface area contributed by atoms with Crippen LogP contribution in [-0.4, -0.2) is 124 Å². The SMILES string of the molecule is COC(=O)Oc1cccc(C(=O)N(CCCn2c(=O)oc3c(OC(=O)OC)cccc3c2=O)C(C)CCC(=O)NC(C(=O)N[C@@H]2C(=O)N3[C@@H]2SC(C)(C)[C@@H]3C(=O)O)c2ccccc2)c1OC(=O)OC. The minimum Gasteiger partial charge on any atom is -0.480 e. The zero-order valence-corrected chi connectivity index (χ0v) is 38.7. The van der Waals surface area contributed by atoms with Crippen LogP contribution in [0.5, 0.6) is 17.2 Å². The first-order valence-electron chi connectivity index (χ1n) is 21.1. The van der Waals surface area contributed by atoms with E-state index in [2.05, 4.69) is 24.8 Å². The summed E-state index contributed by atoms with van der Waals surface area (Å²) < 4.78 is 34.4. The van der Waals surface area contributed by atoms with Crippen LogP contribution in [0.15, 0.2) is 80.7 Å². The third-order valence-electron chi connectivity index (χ3n) is 11.2. The van der Waals surface area contributed by atoms with E-state index in [0.29, 0.717) is 5.56 Å². The number of methoxy groups -OCH3 is 3. The molecule has 2 aliphatic heterocycles. The Morgan fingerprint density at radius 3 is 2.12 bits per heavy atom. The van der Waals surface area contributed by atoms with E-state index >= 15 is 0 Å². The van der Waals surface area contributed by atoms with E-state index in [1.807, 2.05) is 0 Å². The van der Waals surface area contributed by atoms with Crippen molar-refractivity contribution in [3.63, 3.8) is 0 Å². The van der Waals surface area contributed by atoms with Gasteiger partial charge in [-0.05, 0) is 63.4 Å². The molecular weight excluding hydrogens is 931 g/mol. The van der Waals surface area contributed by atoms with Crippen LogP contribution in [-0.2, 0) is 39.9 Å². The molecule has 23 nitrogen and oxygen atoms in total. The first-order chi connectivity index (χ1) is 32.8. The molecule has 3 aromatic carbocycles. The Labute approximate surface area is 395 Å². The molecule has 1 aromatic heterocycles. The second kappa shape index (κ2) is 21.4. The molecule has 4 amide bonds. The van der Waals surface area contributed by atoms with Crippen LogP contribution in [0, 0.1) is 0 Å². The summed E-state index contributed by atoms with van der Waals surface area (Å²) >= 11 is 1.24. The second-order valence-electron chi connectivity index (χ2n) is 16.0. The molecule has 4 aromatic rings. The van der Waals surface area contributed by atoms with E-state index in [1.54, 1.807) is 51.1 Å². The monoisotopic (exact) mass is 977 g/mol. The molecule has 0 aliphatic carbocycles. The predicted octanol–water partition coefficient (Wildman–Crippen LogP) is 3.58. The number of thioether (sulfide) groups is 1. The van der Waals surface area contributed by atoms with Gasteiger partial charge in [-0.25, -0.2) is 28.5 Å². The average molecular weight is 978 g/mol. The van der Waals surface area contributed by atoms with Crippen LogP contribution in [0.1, 0.15) is 62.0 Å². The van der Waals surface area contributed by atoms with Gasteiger partial charge >= 0.3 is 30.2 Å². The summed E-state index contributed by atoms with van der Waals surface area (Å²) in [6.07, 6.45) is -4.10. The van der Waals surface area contributed by atoms with Gasteiger partial charge in [-0.2, -0.15) is 0 Å². The molecule has 2 unspecified atom stereocenters. The van der Waals surface area contributed by atoms with Gasteiger partial charge in [0, 0.05) is 30.3 Å². The van der Waals surface area contributed by atoms with Gasteiger partial charge in [0.2, 0.25) is 17.7 Å². The number of fused-ring (bicyclic) bond motifs is 2. The summed E-state index contributed by atoms with van der Waals surface area (Å²) in [5.74, 6) is -6.28. The number of ether oxygens (including phenoxy) is 6. The number of para-hydroxylation sites is 2. The number of carbonyl (C=O) groups excluding carboxylic acids is 7. The molecule has 0 radical (unpaired) electrons. The Bertz CT molecular complexity index is 2790. The van der Waals surface area contributed by atoms with Crippen molar-refractivity contribution in [1.29, 1.82) is 0 Å². The number of β-lactam (4-membered cyclic amide) rings is 1. The van der Waals surface area contributed by atoms with Crippen LogP contribution in [0.3, 0.4) is 0 Å². The van der Waals surface area contributed by atoms with Crippen molar-refractivity contribution >= 4 is 70.8 Å². The van der Waals surface area contributed by atoms with Gasteiger partial charge in [-0.15, -0.1) is 11.8 Å². The van der Waals surface area contributed by atoms with Crippen molar-refractivity contribution in [2.45, 2.75) is 80.9 Å². The van der Waals surface area contributed by atoms with E-state index in [-0.39, 0.29) is 54.6 Å². The maximum Gasteiger partial charge on any atom is 0.513 e. The molecule has 0 bridgehead atoms. The summed E-state index contributed by atoms with van der Waals surface area (Å²) in [5, 5.41) is 14.5. The van der Waals surface area contributed by atoms with E-state index < -0.39 is 105 Å². The molecule has 2 aliphatic rings. The second-order valence-corrected chi connectivity index (χ2v) is 17.8. The van der Waals surface area contributed by atoms with Crippen LogP contribution in [0.25, 0.3) is 11.0 Å². The number of aromatic nitrogens is 1. The minimum absolute atomic E-state index is 0.0757. The normalized spacial score (nSPS) is 17.5. The summed E-state index contributed by atoms with van der Waals surface area (Å²) in [5.41, 5.74) is -1.08. The van der Waals surface area contributed by atoms with Crippen molar-refractivity contribution in [1.82, 2.24) is 25.0 Å². The number of rotatable bonds is 17. The lowest BCUT2D eigenvalue weighted by Gasteiger charge is -2.44. The number of carboxylic acids is 1. The van der Waals surface area contributed by atoms with Crippen molar-refractivity contribution in [3.05, 3.63) is 98.8 Å². The highest BCUT2D eigenvalue weighted by atomic mass is 32.2. The molecule has 0 spiro atoms. The Morgan fingerprint density at radius 1 is 0.841 bits per heavy atom. The molecule has 0 saturated carbocycles. The third kappa shape index (κ3) is 11.0. The highest BCUT2D eigenvalue weighted by Gasteiger charge is 2.64. The van der Waals surface area contributed by atoms with E-state index in [9.17, 15) is 53.1 Å². The van der Waals surface area contributed by atoms with E-state index in [1.165, 1.54) is 58.0 Å². The van der Waals surface area contributed by atoms with Gasteiger partial charge in [0.05, 0.1) is 32.3 Å². The number of benzene rings is 3. The highest BCUT2D eigenvalue weighted by Crippen LogP contribution is 2.51. The number of hydrogen-bond acceptors (Lipinski definition) is 18. The van der Waals surface area contributed by atoms with Crippen molar-refractivity contribution in [2.24, 2.45) is 0 Å². The highest BCUT2D eigenvalue weighted by molar-refractivity contribution is 8.01. The molecule has 366 valence electrons. The quantitative estimate of drug-likeness (QED) is 0.0589. The molecule has 3 N–H and O–H groups in total. The maximum atomic E-state index is 14.6. The van der Waals surface area contributed by atoms with Crippen LogP contribution < -0.4 is 36.2 Å². The Balaban J connectivity index is 1.24. The van der Waals surface area contributed by atoms with Gasteiger partial charge in [0.25, 0.3) is 11.5 Å². The number of carbonyl (C=O) groups is 8. The van der Waals surface area contributed by atoms with Crippen molar-refractivity contribution in [2.75, 3.05) is 27.9 Å². The van der Waals surface area contributed by atoms with Crippen LogP contribution >= 0.6 is 11.8 Å². The maximum absolute atomic E-state index is 14.6. The fraction of sp³-hybridized carbons (Fsp3) is 0.378. The fourth-order valence-corrected chi connectivity index (χ4v) is 9.45. The topological polar surface area (TPSA) is 295 Å². The van der Waals surface area contributed by atoms with Crippen molar-refractivity contribution in [3.8, 4) is 17.2 Å². The molecular formula is C45H47N5O18S. The lowest BCUT2D eigenvalue weighted by atomic mass is 9.95. The zero-order valence-electron chi connectivity index (χ0n) is 37.9. The van der Waals surface area contributed by atoms with E-state index in [0.717, 1.165) is 25.9 Å². The summed E-state index contributed by atoms with van der Waals surface area (Å²) in [4.78, 5) is 133. The smallest absolute Gasteiger partial charge is 0.480 e. The lowest BCUT2D eigenvalue weighted by Crippen LogP contribution is -2.71. The number of nitrogens with one attached hydrogen (secondary N) is 2. The fourth-order valence-electron chi connectivity index (χ4n) is 7.82. The van der Waals surface area contributed by atoms with Gasteiger partial charge in [-0.1, -0.05) is 42.5 Å². The number of nitrogens with zero attached hydrogens (tertiary/aromatic N) is 3. The largest absolute Gasteiger partial charge is 0.513 e. The third-order valence-corrected chi connectivity index (χ3v) is 12.8. The van der Waals surface area contributed by atoms with E-state index in [4.69, 9.17) is 18.6 Å². The molecule has 3 heterocycles. The van der Waals surface area contributed by atoms with Gasteiger partial charge in [0.1, 0.15) is 23.5 Å². The number of amides is 4. The number of hydrogen-bond donors (Lipinski definition) is 3. The summed E-state index contributed by atoms with van der Waals surface area (Å²) in [6, 6.07) is 11.7. The summed E-state index contributed by atoms with van der Waals surface area (Å²) in [6.45, 7) is 4.43. The lowest BCUT2D eigenvalue weighted by molar-refractivity contribution is -0.161. The molecule has 2 fully saturated rings. The van der Waals surface area contributed by atoms with Crippen molar-refractivity contribution < 1.29 is 76.3 Å². The molecule has 69 heavy (non-hydrogen) atoms.